The minimum atomic E-state index is -4.63. The average Bonchev–Trinajstić information content (AvgIpc) is 2.68. The Morgan fingerprint density at radius 3 is 2.18 bits per heavy atom. The number of alkyl halides is 3. The van der Waals surface area contributed by atoms with Crippen LogP contribution in [0.5, 0.6) is 5.75 Å². The lowest BCUT2D eigenvalue weighted by Crippen LogP contribution is -2.25. The maximum absolute atomic E-state index is 12.3. The lowest BCUT2D eigenvalue weighted by Gasteiger charge is -2.37. The summed E-state index contributed by atoms with van der Waals surface area (Å²) in [4.78, 5) is 0. The van der Waals surface area contributed by atoms with Gasteiger partial charge in [0.25, 0.3) is 0 Å². The van der Waals surface area contributed by atoms with Crippen molar-refractivity contribution in [3.05, 3.63) is 42.0 Å². The van der Waals surface area contributed by atoms with Crippen LogP contribution in [0.3, 0.4) is 0 Å². The van der Waals surface area contributed by atoms with Crippen molar-refractivity contribution in [3.63, 3.8) is 0 Å². The van der Waals surface area contributed by atoms with E-state index in [0.717, 1.165) is 29.7 Å². The van der Waals surface area contributed by atoms with Gasteiger partial charge in [-0.25, -0.2) is 0 Å². The highest BCUT2D eigenvalue weighted by Gasteiger charge is 2.32. The van der Waals surface area contributed by atoms with Crippen LogP contribution in [-0.4, -0.2) is 6.36 Å². The molecule has 0 aliphatic heterocycles. The van der Waals surface area contributed by atoms with Gasteiger partial charge in [-0.2, -0.15) is 0 Å². The molecule has 4 heteroatoms. The van der Waals surface area contributed by atoms with Crippen LogP contribution >= 0.6 is 0 Å². The number of ether oxygens (including phenoxy) is 1. The lowest BCUT2D eigenvalue weighted by atomic mass is 9.69. The maximum atomic E-state index is 12.3. The maximum Gasteiger partial charge on any atom is 0.573 e. The van der Waals surface area contributed by atoms with Crippen molar-refractivity contribution in [3.8, 4) is 5.75 Å². The van der Waals surface area contributed by atoms with E-state index in [1.807, 2.05) is 0 Å². The largest absolute Gasteiger partial charge is 0.573 e. The van der Waals surface area contributed by atoms with E-state index in [1.54, 1.807) is 12.1 Å². The van der Waals surface area contributed by atoms with E-state index in [9.17, 15) is 13.2 Å². The second-order valence-corrected chi connectivity index (χ2v) is 8.79. The average molecular weight is 395 g/mol. The molecule has 3 unspecified atom stereocenters. The third-order valence-corrected chi connectivity index (χ3v) is 6.91. The Kier molecular flexibility index (Phi) is 7.11. The second-order valence-electron chi connectivity index (χ2n) is 8.79. The van der Waals surface area contributed by atoms with Gasteiger partial charge in [0.15, 0.2) is 0 Å². The van der Waals surface area contributed by atoms with E-state index in [1.165, 1.54) is 57.1 Å². The predicted molar refractivity (Wildman–Crippen MR) is 107 cm³/mol. The highest BCUT2D eigenvalue weighted by atomic mass is 19.4. The normalized spacial score (nSPS) is 29.5. The Morgan fingerprint density at radius 2 is 1.64 bits per heavy atom. The van der Waals surface area contributed by atoms with E-state index in [-0.39, 0.29) is 5.75 Å². The first kappa shape index (κ1) is 21.3. The highest BCUT2D eigenvalue weighted by molar-refractivity contribution is 5.32. The summed E-state index contributed by atoms with van der Waals surface area (Å²) in [5, 5.41) is 0. The monoisotopic (exact) mass is 394 g/mol. The summed E-state index contributed by atoms with van der Waals surface area (Å²) in [7, 11) is 0. The predicted octanol–water partition coefficient (Wildman–Crippen LogP) is 7.88. The van der Waals surface area contributed by atoms with Crippen molar-refractivity contribution in [2.75, 3.05) is 0 Å². The molecule has 28 heavy (non-hydrogen) atoms. The molecule has 0 N–H and O–H groups in total. The van der Waals surface area contributed by atoms with Gasteiger partial charge < -0.3 is 4.74 Å². The summed E-state index contributed by atoms with van der Waals surface area (Å²) < 4.78 is 40.8. The van der Waals surface area contributed by atoms with Crippen molar-refractivity contribution >= 4 is 0 Å². The van der Waals surface area contributed by atoms with E-state index < -0.39 is 6.36 Å². The molecular formula is C24H33F3O. The summed E-state index contributed by atoms with van der Waals surface area (Å²) in [6.45, 7) is 4.70. The van der Waals surface area contributed by atoms with Crippen molar-refractivity contribution in [2.45, 2.75) is 77.5 Å². The van der Waals surface area contributed by atoms with Gasteiger partial charge in [-0.05, 0) is 79.9 Å². The summed E-state index contributed by atoms with van der Waals surface area (Å²) >= 11 is 0. The van der Waals surface area contributed by atoms with Crippen LogP contribution in [0.4, 0.5) is 13.2 Å². The molecule has 156 valence electrons. The molecule has 2 aliphatic rings. The summed E-state index contributed by atoms with van der Waals surface area (Å²) in [6.07, 6.45) is 10.4. The van der Waals surface area contributed by atoms with Gasteiger partial charge in [-0.15, -0.1) is 13.2 Å². The summed E-state index contributed by atoms with van der Waals surface area (Å²) in [5.41, 5.74) is 1.07. The SMILES string of the molecule is CCCC(C)C1CCC(C2C=CC(c3ccc(OC(F)(F)F)cc3)CC2)CC1. The molecule has 0 heterocycles. The first-order valence-corrected chi connectivity index (χ1v) is 10.9. The third kappa shape index (κ3) is 5.78. The Labute approximate surface area is 167 Å². The molecule has 0 radical (unpaired) electrons. The number of hydrogen-bond donors (Lipinski definition) is 0. The van der Waals surface area contributed by atoms with Crippen molar-refractivity contribution < 1.29 is 17.9 Å². The molecule has 0 aromatic heterocycles. The van der Waals surface area contributed by atoms with E-state index in [4.69, 9.17) is 0 Å². The molecule has 1 saturated carbocycles. The smallest absolute Gasteiger partial charge is 0.406 e. The van der Waals surface area contributed by atoms with E-state index in [2.05, 4.69) is 30.7 Å². The number of benzene rings is 1. The van der Waals surface area contributed by atoms with Crippen LogP contribution in [-0.2, 0) is 0 Å². The van der Waals surface area contributed by atoms with Gasteiger partial charge in [0.1, 0.15) is 5.75 Å². The first-order chi connectivity index (χ1) is 13.4. The van der Waals surface area contributed by atoms with Crippen LogP contribution in [0, 0.1) is 23.7 Å². The lowest BCUT2D eigenvalue weighted by molar-refractivity contribution is -0.274. The molecule has 1 aromatic rings. The minimum Gasteiger partial charge on any atom is -0.406 e. The number of halogens is 3. The zero-order chi connectivity index (χ0) is 20.1. The molecule has 0 spiro atoms. The zero-order valence-corrected chi connectivity index (χ0v) is 17.0. The summed E-state index contributed by atoms with van der Waals surface area (Å²) in [5.74, 6) is 3.41. The van der Waals surface area contributed by atoms with Crippen LogP contribution in [0.15, 0.2) is 36.4 Å². The zero-order valence-electron chi connectivity index (χ0n) is 17.0. The molecule has 0 bridgehead atoms. The van der Waals surface area contributed by atoms with Gasteiger partial charge >= 0.3 is 6.36 Å². The highest BCUT2D eigenvalue weighted by Crippen LogP contribution is 2.42. The van der Waals surface area contributed by atoms with Gasteiger partial charge in [0.05, 0.1) is 0 Å². The standard InChI is InChI=1S/C24H33F3O/c1-3-4-17(2)18-5-7-19(8-6-18)20-9-11-21(12-10-20)22-13-15-23(16-14-22)28-24(25,26)27/h9,11,13-21H,3-8,10,12H2,1-2H3. The molecular weight excluding hydrogens is 361 g/mol. The van der Waals surface area contributed by atoms with Gasteiger partial charge in [0, 0.05) is 5.92 Å². The van der Waals surface area contributed by atoms with Crippen LogP contribution in [0.2, 0.25) is 0 Å². The van der Waals surface area contributed by atoms with Crippen LogP contribution < -0.4 is 4.74 Å². The molecule has 1 nitrogen and oxygen atoms in total. The minimum absolute atomic E-state index is 0.150. The summed E-state index contributed by atoms with van der Waals surface area (Å²) in [6, 6.07) is 6.36. The second kappa shape index (κ2) is 9.37. The Morgan fingerprint density at radius 1 is 0.964 bits per heavy atom. The number of rotatable bonds is 6. The van der Waals surface area contributed by atoms with Crippen molar-refractivity contribution in [1.82, 2.24) is 0 Å². The Balaban J connectivity index is 1.51. The quantitative estimate of drug-likeness (QED) is 0.446. The fraction of sp³-hybridized carbons (Fsp3) is 0.667. The van der Waals surface area contributed by atoms with Crippen LogP contribution in [0.1, 0.15) is 76.7 Å². The molecule has 2 aliphatic carbocycles. The van der Waals surface area contributed by atoms with Gasteiger partial charge in [-0.3, -0.25) is 0 Å². The van der Waals surface area contributed by atoms with Gasteiger partial charge in [-0.1, -0.05) is 51.0 Å². The van der Waals surface area contributed by atoms with Crippen molar-refractivity contribution in [2.24, 2.45) is 23.7 Å². The molecule has 3 rings (SSSR count). The molecule has 3 atom stereocenters. The Bertz CT molecular complexity index is 626. The number of allylic oxidation sites excluding steroid dienone is 2. The molecule has 1 aromatic carbocycles. The number of hydrogen-bond acceptors (Lipinski definition) is 1. The topological polar surface area (TPSA) is 9.23 Å². The fourth-order valence-corrected chi connectivity index (χ4v) is 5.26. The van der Waals surface area contributed by atoms with E-state index in [0.29, 0.717) is 11.8 Å². The van der Waals surface area contributed by atoms with Crippen LogP contribution in [0.25, 0.3) is 0 Å². The van der Waals surface area contributed by atoms with E-state index >= 15 is 0 Å². The Hall–Kier alpha value is -1.45. The first-order valence-electron chi connectivity index (χ1n) is 10.9. The molecule has 1 fully saturated rings. The third-order valence-electron chi connectivity index (χ3n) is 6.91. The fourth-order valence-electron chi connectivity index (χ4n) is 5.26. The molecule has 0 amide bonds. The van der Waals surface area contributed by atoms with Gasteiger partial charge in [0.2, 0.25) is 0 Å². The molecule has 0 saturated heterocycles. The van der Waals surface area contributed by atoms with Crippen molar-refractivity contribution in [1.29, 1.82) is 0 Å².